The molecule has 1 heterocycles. The molecule has 1 heteroatoms. The Morgan fingerprint density at radius 2 is 0.378 bits per heavy atom. The molecule has 0 aromatic heterocycles. The maximum absolute atomic E-state index is 5.07. The van der Waals surface area contributed by atoms with Crippen molar-refractivity contribution >= 4 is 0 Å². The molecule has 0 unspecified atom stereocenters. The molecule has 2 saturated carbocycles. The van der Waals surface area contributed by atoms with Gasteiger partial charge < -0.3 is 4.74 Å². The normalized spacial score (nSPS) is 15.6. The molecule has 1 aliphatic heterocycles. The summed E-state index contributed by atoms with van der Waals surface area (Å²) < 4.78 is 5.07. The van der Waals surface area contributed by atoms with Crippen LogP contribution in [0, 0.1) is 21.7 Å². The van der Waals surface area contributed by atoms with Gasteiger partial charge in [-0.1, -0.05) is 232 Å². The van der Waals surface area contributed by atoms with Gasteiger partial charge in [-0.05, 0) is 40.9 Å². The van der Waals surface area contributed by atoms with E-state index in [2.05, 4.69) is 111 Å². The third-order valence-electron chi connectivity index (χ3n) is 4.49. The van der Waals surface area contributed by atoms with Crippen molar-refractivity contribution in [2.24, 2.45) is 21.7 Å². The molecule has 1 aromatic rings. The van der Waals surface area contributed by atoms with E-state index in [-0.39, 0.29) is 0 Å². The molecule has 3 aliphatic rings. The van der Waals surface area contributed by atoms with Gasteiger partial charge in [-0.25, -0.2) is 0 Å². The van der Waals surface area contributed by atoms with Crippen LogP contribution >= 0.6 is 0 Å². The van der Waals surface area contributed by atoms with Crippen molar-refractivity contribution in [3.05, 3.63) is 36.4 Å². The smallest absolute Gasteiger partial charge is 0.0466 e. The lowest BCUT2D eigenvalue weighted by molar-refractivity contribution is 0.0968. The molecule has 0 bridgehead atoms. The molecule has 3 fully saturated rings. The van der Waals surface area contributed by atoms with Crippen molar-refractivity contribution in [1.29, 1.82) is 0 Å². The van der Waals surface area contributed by atoms with Gasteiger partial charge in [0.25, 0.3) is 0 Å². The summed E-state index contributed by atoms with van der Waals surface area (Å²) in [6.07, 6.45) is 20.4. The monoisotopic (exact) mass is 637 g/mol. The van der Waals surface area contributed by atoms with Crippen molar-refractivity contribution in [3.63, 3.8) is 0 Å². The van der Waals surface area contributed by atoms with Crippen LogP contribution in [0.3, 0.4) is 0 Å². The number of hydrogen-bond acceptors (Lipinski definition) is 1. The quantitative estimate of drug-likeness (QED) is 0.275. The van der Waals surface area contributed by atoms with Gasteiger partial charge in [0.15, 0.2) is 0 Å². The summed E-state index contributed by atoms with van der Waals surface area (Å²) in [5, 5.41) is 0. The van der Waals surface area contributed by atoms with Crippen molar-refractivity contribution in [2.75, 3.05) is 13.2 Å². The Morgan fingerprint density at radius 3 is 0.444 bits per heavy atom. The van der Waals surface area contributed by atoms with E-state index < -0.39 is 0 Å². The molecule has 0 atom stereocenters. The predicted octanol–water partition coefficient (Wildman–Crippen LogP) is 16.4. The summed E-state index contributed by atoms with van der Waals surface area (Å²) >= 11 is 0. The maximum Gasteiger partial charge on any atom is 0.0466 e. The Labute approximate surface area is 289 Å². The van der Waals surface area contributed by atoms with Crippen LogP contribution in [0.15, 0.2) is 36.4 Å². The highest BCUT2D eigenvalue weighted by Crippen LogP contribution is 2.16. The zero-order valence-electron chi connectivity index (χ0n) is 35.2. The van der Waals surface area contributed by atoms with E-state index in [1.165, 1.54) is 89.9 Å². The fraction of sp³-hybridized carbons (Fsp3) is 0.864. The zero-order chi connectivity index (χ0) is 36.3. The first-order valence-corrected chi connectivity index (χ1v) is 19.1. The van der Waals surface area contributed by atoms with Gasteiger partial charge in [-0.15, -0.1) is 0 Å². The summed E-state index contributed by atoms with van der Waals surface area (Å²) in [4.78, 5) is 0. The molecule has 4 rings (SSSR count). The van der Waals surface area contributed by atoms with Crippen molar-refractivity contribution in [2.45, 2.75) is 215 Å². The minimum atomic E-state index is 0.500. The Balaban J connectivity index is -0.000000135. The second-order valence-electron chi connectivity index (χ2n) is 18.7. The minimum absolute atomic E-state index is 0.500. The maximum atomic E-state index is 5.07. The molecule has 0 N–H and O–H groups in total. The van der Waals surface area contributed by atoms with Crippen LogP contribution < -0.4 is 0 Å². The Kier molecular flexibility index (Phi) is 43.0. The second-order valence-corrected chi connectivity index (χ2v) is 18.7. The summed E-state index contributed by atoms with van der Waals surface area (Å²) in [5.74, 6) is 0. The first kappa shape index (κ1) is 53.7. The van der Waals surface area contributed by atoms with Crippen LogP contribution in [-0.2, 0) is 4.74 Å². The lowest BCUT2D eigenvalue weighted by Crippen LogP contribution is -2.03. The molecule has 1 aromatic carbocycles. The van der Waals surface area contributed by atoms with Gasteiger partial charge in [0.1, 0.15) is 0 Å². The van der Waals surface area contributed by atoms with Crippen molar-refractivity contribution in [1.82, 2.24) is 0 Å². The highest BCUT2D eigenvalue weighted by atomic mass is 16.5. The van der Waals surface area contributed by atoms with E-state index in [1.807, 2.05) is 50.2 Å². The predicted molar refractivity (Wildman–Crippen MR) is 214 cm³/mol. The molecule has 1 saturated heterocycles. The van der Waals surface area contributed by atoms with Gasteiger partial charge in [-0.3, -0.25) is 0 Å². The second kappa shape index (κ2) is 36.0. The largest absolute Gasteiger partial charge is 0.381 e. The van der Waals surface area contributed by atoms with E-state index in [0.717, 1.165) is 13.2 Å². The summed E-state index contributed by atoms with van der Waals surface area (Å²) in [6.45, 7) is 41.0. The van der Waals surface area contributed by atoms with Gasteiger partial charge in [0, 0.05) is 13.2 Å². The summed E-state index contributed by atoms with van der Waals surface area (Å²) in [6, 6.07) is 12.0. The summed E-state index contributed by atoms with van der Waals surface area (Å²) in [5.41, 5.74) is 2.00. The molecule has 1 nitrogen and oxygen atoms in total. The topological polar surface area (TPSA) is 9.23 Å². The van der Waals surface area contributed by atoms with Crippen LogP contribution in [0.5, 0.6) is 0 Å². The van der Waals surface area contributed by atoms with Gasteiger partial charge in [0.2, 0.25) is 0 Å². The highest BCUT2D eigenvalue weighted by Gasteiger charge is 1.98. The van der Waals surface area contributed by atoms with Crippen LogP contribution in [0.4, 0.5) is 0 Å². The number of rotatable bonds is 0. The fourth-order valence-electron chi connectivity index (χ4n) is 3.02. The van der Waals surface area contributed by atoms with Crippen molar-refractivity contribution in [3.8, 4) is 0 Å². The Hall–Kier alpha value is -0.820. The lowest BCUT2D eigenvalue weighted by Gasteiger charge is -2.08. The number of ether oxygens (including phenoxy) is 1. The lowest BCUT2D eigenvalue weighted by atomic mass is 10.0. The van der Waals surface area contributed by atoms with E-state index in [0.29, 0.717) is 21.7 Å². The van der Waals surface area contributed by atoms with Crippen LogP contribution in [0.1, 0.15) is 215 Å². The molecule has 0 spiro atoms. The van der Waals surface area contributed by atoms with Crippen molar-refractivity contribution < 1.29 is 4.74 Å². The third kappa shape index (κ3) is 149. The minimum Gasteiger partial charge on any atom is -0.381 e. The van der Waals surface area contributed by atoms with Gasteiger partial charge in [-0.2, -0.15) is 0 Å². The van der Waals surface area contributed by atoms with Crippen LogP contribution in [0.25, 0.3) is 0 Å². The van der Waals surface area contributed by atoms with Gasteiger partial charge in [0.05, 0.1) is 0 Å². The molecule has 0 radical (unpaired) electrons. The Morgan fingerprint density at radius 1 is 0.267 bits per heavy atom. The highest BCUT2D eigenvalue weighted by molar-refractivity contribution is 4.99. The molecule has 45 heavy (non-hydrogen) atoms. The van der Waals surface area contributed by atoms with Crippen LogP contribution in [0.2, 0.25) is 0 Å². The first-order chi connectivity index (χ1) is 20.5. The molecule has 2 aliphatic carbocycles. The third-order valence-corrected chi connectivity index (χ3v) is 4.49. The standard InChI is InChI=1S/C6H12.C6H6.C5H10O.C5H10.4C5H12.C2H6/c3*1-2-4-6-5-3-1;1-2-4-5-3-1;4*1-5(2,3)4;1-2/h1-6H2;1-6H;1-5H2;1-5H2;4*1-4H3;1-2H3. The Bertz CT molecular complexity index is 450. The molecular formula is C44H92O. The van der Waals surface area contributed by atoms with Gasteiger partial charge >= 0.3 is 0 Å². The van der Waals surface area contributed by atoms with E-state index >= 15 is 0 Å². The zero-order valence-corrected chi connectivity index (χ0v) is 35.2. The first-order valence-electron chi connectivity index (χ1n) is 19.1. The fourth-order valence-corrected chi connectivity index (χ4v) is 3.02. The number of benzene rings is 1. The SMILES string of the molecule is C1CCCC1.C1CCCCC1.C1CCOCC1.CC.CC(C)(C)C.CC(C)(C)C.CC(C)(C)C.CC(C)(C)C.c1ccccc1. The molecule has 0 amide bonds. The van der Waals surface area contributed by atoms with E-state index in [1.54, 1.807) is 0 Å². The average Bonchev–Trinajstić information content (AvgIpc) is 3.51. The van der Waals surface area contributed by atoms with E-state index in [4.69, 9.17) is 4.74 Å². The van der Waals surface area contributed by atoms with E-state index in [9.17, 15) is 0 Å². The van der Waals surface area contributed by atoms with Crippen LogP contribution in [-0.4, -0.2) is 13.2 Å². The molecular weight excluding hydrogens is 544 g/mol. The average molecular weight is 637 g/mol. The number of hydrogen-bond donors (Lipinski definition) is 0. The molecule has 274 valence electrons. The summed E-state index contributed by atoms with van der Waals surface area (Å²) in [7, 11) is 0.